The van der Waals surface area contributed by atoms with Gasteiger partial charge in [-0.1, -0.05) is 19.1 Å². The van der Waals surface area contributed by atoms with Crippen LogP contribution in [-0.2, 0) is 4.79 Å². The van der Waals surface area contributed by atoms with Gasteiger partial charge in [0.2, 0.25) is 0 Å². The summed E-state index contributed by atoms with van der Waals surface area (Å²) in [6, 6.07) is 6.33. The van der Waals surface area contributed by atoms with Crippen molar-refractivity contribution in [1.82, 2.24) is 14.9 Å². The predicted octanol–water partition coefficient (Wildman–Crippen LogP) is 1.56. The number of para-hydroxylation sites is 2. The van der Waals surface area contributed by atoms with E-state index in [1.807, 2.05) is 6.07 Å². The Morgan fingerprint density at radius 1 is 1.30 bits per heavy atom. The van der Waals surface area contributed by atoms with Crippen LogP contribution in [-0.4, -0.2) is 44.9 Å². The zero-order valence-corrected chi connectivity index (χ0v) is 11.3. The molecule has 0 aliphatic carbocycles. The first-order valence-electron chi connectivity index (χ1n) is 6.26. The van der Waals surface area contributed by atoms with E-state index in [0.717, 1.165) is 0 Å². The Morgan fingerprint density at radius 3 is 2.55 bits per heavy atom. The Morgan fingerprint density at radius 2 is 1.95 bits per heavy atom. The maximum absolute atomic E-state index is 12.3. The van der Waals surface area contributed by atoms with Crippen molar-refractivity contribution in [3.8, 4) is 0 Å². The van der Waals surface area contributed by atoms with Crippen molar-refractivity contribution < 1.29 is 14.7 Å². The van der Waals surface area contributed by atoms with E-state index in [4.69, 9.17) is 5.11 Å². The number of carboxylic acids is 1. The van der Waals surface area contributed by atoms with Crippen molar-refractivity contribution in [3.63, 3.8) is 0 Å². The van der Waals surface area contributed by atoms with Gasteiger partial charge in [-0.05, 0) is 18.6 Å². The molecule has 0 radical (unpaired) electrons. The van der Waals surface area contributed by atoms with Crippen LogP contribution in [0.3, 0.4) is 0 Å². The first-order chi connectivity index (χ1) is 9.54. The number of nitrogens with zero attached hydrogens (tertiary/aromatic N) is 3. The third kappa shape index (κ3) is 2.59. The second kappa shape index (κ2) is 5.64. The molecule has 0 fully saturated rings. The summed E-state index contributed by atoms with van der Waals surface area (Å²) >= 11 is 0. The number of hydrogen-bond donors (Lipinski definition) is 1. The van der Waals surface area contributed by atoms with Gasteiger partial charge in [-0.15, -0.1) is 0 Å². The van der Waals surface area contributed by atoms with Gasteiger partial charge in [0, 0.05) is 7.05 Å². The third-order valence-electron chi connectivity index (χ3n) is 3.13. The molecule has 1 heterocycles. The third-order valence-corrected chi connectivity index (χ3v) is 3.13. The molecule has 1 aromatic heterocycles. The van der Waals surface area contributed by atoms with E-state index in [2.05, 4.69) is 9.97 Å². The molecule has 2 aromatic rings. The Kier molecular flexibility index (Phi) is 3.93. The summed E-state index contributed by atoms with van der Waals surface area (Å²) in [5.41, 5.74) is 1.44. The van der Waals surface area contributed by atoms with Crippen molar-refractivity contribution in [2.24, 2.45) is 0 Å². The fourth-order valence-electron chi connectivity index (χ4n) is 2.00. The predicted molar refractivity (Wildman–Crippen MR) is 73.3 cm³/mol. The van der Waals surface area contributed by atoms with Crippen LogP contribution in [0, 0.1) is 0 Å². The van der Waals surface area contributed by atoms with E-state index in [0.29, 0.717) is 17.5 Å². The molecule has 20 heavy (non-hydrogen) atoms. The highest BCUT2D eigenvalue weighted by Gasteiger charge is 2.26. The number of benzene rings is 1. The van der Waals surface area contributed by atoms with Crippen LogP contribution in [0.5, 0.6) is 0 Å². The zero-order chi connectivity index (χ0) is 14.7. The highest BCUT2D eigenvalue weighted by atomic mass is 16.4. The van der Waals surface area contributed by atoms with Crippen LogP contribution in [0.15, 0.2) is 30.5 Å². The van der Waals surface area contributed by atoms with E-state index in [1.54, 1.807) is 25.1 Å². The zero-order valence-electron chi connectivity index (χ0n) is 11.3. The van der Waals surface area contributed by atoms with E-state index < -0.39 is 17.9 Å². The standard InChI is InChI=1S/C14H15N3O3/c1-3-12(14(19)20)17(2)13(18)11-8-15-9-6-4-5-7-10(9)16-11/h4-8,12H,3H2,1-2H3,(H,19,20). The Bertz CT molecular complexity index is 657. The lowest BCUT2D eigenvalue weighted by Gasteiger charge is -2.23. The largest absolute Gasteiger partial charge is 0.480 e. The van der Waals surface area contributed by atoms with E-state index in [-0.39, 0.29) is 5.69 Å². The van der Waals surface area contributed by atoms with Crippen molar-refractivity contribution >= 4 is 22.9 Å². The van der Waals surface area contributed by atoms with Crippen molar-refractivity contribution in [1.29, 1.82) is 0 Å². The van der Waals surface area contributed by atoms with Crippen molar-refractivity contribution in [2.45, 2.75) is 19.4 Å². The van der Waals surface area contributed by atoms with E-state index in [9.17, 15) is 9.59 Å². The van der Waals surface area contributed by atoms with Gasteiger partial charge in [0.15, 0.2) is 0 Å². The molecule has 104 valence electrons. The molecule has 6 nitrogen and oxygen atoms in total. The van der Waals surface area contributed by atoms with Gasteiger partial charge >= 0.3 is 5.97 Å². The number of carbonyl (C=O) groups excluding carboxylic acids is 1. The highest BCUT2D eigenvalue weighted by Crippen LogP contribution is 2.11. The normalized spacial score (nSPS) is 12.1. The summed E-state index contributed by atoms with van der Waals surface area (Å²) in [4.78, 5) is 32.9. The molecule has 1 aromatic carbocycles. The van der Waals surface area contributed by atoms with E-state index >= 15 is 0 Å². The molecule has 6 heteroatoms. The first kappa shape index (κ1) is 13.9. The fourth-order valence-corrected chi connectivity index (χ4v) is 2.00. The van der Waals surface area contributed by atoms with Crippen LogP contribution in [0.25, 0.3) is 11.0 Å². The average Bonchev–Trinajstić information content (AvgIpc) is 2.46. The Balaban J connectivity index is 2.33. The summed E-state index contributed by atoms with van der Waals surface area (Å²) in [7, 11) is 1.46. The first-order valence-corrected chi connectivity index (χ1v) is 6.26. The molecule has 1 N–H and O–H groups in total. The molecular weight excluding hydrogens is 258 g/mol. The van der Waals surface area contributed by atoms with Crippen LogP contribution < -0.4 is 0 Å². The maximum Gasteiger partial charge on any atom is 0.326 e. The van der Waals surface area contributed by atoms with E-state index in [1.165, 1.54) is 18.1 Å². The quantitative estimate of drug-likeness (QED) is 0.914. The summed E-state index contributed by atoms with van der Waals surface area (Å²) in [6.07, 6.45) is 1.70. The molecule has 0 saturated carbocycles. The van der Waals surface area contributed by atoms with Crippen LogP contribution in [0.4, 0.5) is 0 Å². The summed E-state index contributed by atoms with van der Waals surface area (Å²) in [5, 5.41) is 9.08. The van der Waals surface area contributed by atoms with Crippen molar-refractivity contribution in [3.05, 3.63) is 36.2 Å². The number of amides is 1. The molecule has 0 bridgehead atoms. The van der Waals surface area contributed by atoms with Crippen LogP contribution in [0.1, 0.15) is 23.8 Å². The fraction of sp³-hybridized carbons (Fsp3) is 0.286. The number of hydrogen-bond acceptors (Lipinski definition) is 4. The number of carbonyl (C=O) groups is 2. The molecule has 1 atom stereocenters. The minimum absolute atomic E-state index is 0.144. The number of aromatic nitrogens is 2. The minimum atomic E-state index is -1.03. The number of carboxylic acid groups (broad SMARTS) is 1. The van der Waals surface area contributed by atoms with Crippen LogP contribution in [0.2, 0.25) is 0 Å². The second-order valence-corrected chi connectivity index (χ2v) is 4.42. The molecule has 0 spiro atoms. The summed E-state index contributed by atoms with van der Waals surface area (Å²) in [6.45, 7) is 1.72. The number of aliphatic carboxylic acids is 1. The Hall–Kier alpha value is -2.50. The molecule has 2 rings (SSSR count). The summed E-state index contributed by atoms with van der Waals surface area (Å²) < 4.78 is 0. The summed E-state index contributed by atoms with van der Waals surface area (Å²) in [5.74, 6) is -1.48. The van der Waals surface area contributed by atoms with Gasteiger partial charge in [-0.2, -0.15) is 0 Å². The Labute approximate surface area is 116 Å². The minimum Gasteiger partial charge on any atom is -0.480 e. The van der Waals surface area contributed by atoms with Gasteiger partial charge in [0.25, 0.3) is 5.91 Å². The van der Waals surface area contributed by atoms with Gasteiger partial charge in [0.05, 0.1) is 17.2 Å². The van der Waals surface area contributed by atoms with Gasteiger partial charge in [0.1, 0.15) is 11.7 Å². The number of fused-ring (bicyclic) bond motifs is 1. The molecule has 0 aliphatic rings. The lowest BCUT2D eigenvalue weighted by molar-refractivity contribution is -0.142. The molecule has 1 amide bonds. The van der Waals surface area contributed by atoms with Gasteiger partial charge < -0.3 is 10.0 Å². The lowest BCUT2D eigenvalue weighted by Crippen LogP contribution is -2.42. The SMILES string of the molecule is CCC(C(=O)O)N(C)C(=O)c1cnc2ccccc2n1. The molecule has 0 aliphatic heterocycles. The number of rotatable bonds is 4. The topological polar surface area (TPSA) is 83.4 Å². The second-order valence-electron chi connectivity index (χ2n) is 4.42. The average molecular weight is 273 g/mol. The van der Waals surface area contributed by atoms with Gasteiger partial charge in [-0.3, -0.25) is 9.78 Å². The smallest absolute Gasteiger partial charge is 0.326 e. The molecule has 1 unspecified atom stereocenters. The monoisotopic (exact) mass is 273 g/mol. The van der Waals surface area contributed by atoms with Crippen LogP contribution >= 0.6 is 0 Å². The molecular formula is C14H15N3O3. The van der Waals surface area contributed by atoms with Crippen molar-refractivity contribution in [2.75, 3.05) is 7.05 Å². The molecule has 0 saturated heterocycles. The lowest BCUT2D eigenvalue weighted by atomic mass is 10.2. The highest BCUT2D eigenvalue weighted by molar-refractivity contribution is 5.95. The maximum atomic E-state index is 12.3. The van der Waals surface area contributed by atoms with Gasteiger partial charge in [-0.25, -0.2) is 9.78 Å². The number of likely N-dealkylation sites (N-methyl/N-ethyl adjacent to an activating group) is 1.